The first-order valence-corrected chi connectivity index (χ1v) is 8.90. The highest BCUT2D eigenvalue weighted by atomic mass is 16.5. The second kappa shape index (κ2) is 6.68. The van der Waals surface area contributed by atoms with Crippen LogP contribution in [0.2, 0.25) is 0 Å². The molecule has 0 amide bonds. The van der Waals surface area contributed by atoms with Crippen LogP contribution in [0.5, 0.6) is 0 Å². The van der Waals surface area contributed by atoms with Crippen LogP contribution in [0.15, 0.2) is 115 Å². The van der Waals surface area contributed by atoms with Crippen molar-refractivity contribution < 1.29 is 4.74 Å². The summed E-state index contributed by atoms with van der Waals surface area (Å²) in [5, 5.41) is 0. The van der Waals surface area contributed by atoms with Crippen molar-refractivity contribution in [2.75, 3.05) is 7.11 Å². The van der Waals surface area contributed by atoms with E-state index in [4.69, 9.17) is 4.74 Å². The monoisotopic (exact) mass is 338 g/mol. The number of benzene rings is 3. The second-order valence-electron chi connectivity index (χ2n) is 6.64. The van der Waals surface area contributed by atoms with E-state index >= 15 is 0 Å². The molecular formula is C25H22O. The van der Waals surface area contributed by atoms with Crippen molar-refractivity contribution in [2.24, 2.45) is 0 Å². The topological polar surface area (TPSA) is 9.23 Å². The lowest BCUT2D eigenvalue weighted by atomic mass is 9.63. The summed E-state index contributed by atoms with van der Waals surface area (Å²) in [5.41, 5.74) is 4.34. The van der Waals surface area contributed by atoms with Crippen LogP contribution < -0.4 is 0 Å². The van der Waals surface area contributed by atoms with Crippen LogP contribution in [-0.2, 0) is 10.2 Å². The Balaban J connectivity index is 2.04. The van der Waals surface area contributed by atoms with E-state index in [1.54, 1.807) is 7.11 Å². The lowest BCUT2D eigenvalue weighted by Gasteiger charge is -2.38. The highest BCUT2D eigenvalue weighted by Crippen LogP contribution is 2.56. The van der Waals surface area contributed by atoms with Crippen molar-refractivity contribution >= 4 is 0 Å². The van der Waals surface area contributed by atoms with E-state index < -0.39 is 0 Å². The minimum atomic E-state index is -0.380. The molecule has 0 heterocycles. The summed E-state index contributed by atoms with van der Waals surface area (Å²) in [6.07, 6.45) is 2.22. The highest BCUT2D eigenvalue weighted by molar-refractivity contribution is 5.62. The molecule has 0 unspecified atom stereocenters. The Kier molecular flexibility index (Phi) is 4.22. The van der Waals surface area contributed by atoms with Gasteiger partial charge in [-0.2, -0.15) is 0 Å². The number of hydrogen-bond acceptors (Lipinski definition) is 1. The summed E-state index contributed by atoms with van der Waals surface area (Å²) in [4.78, 5) is 0. The molecule has 4 rings (SSSR count). The molecule has 0 N–H and O–H groups in total. The fourth-order valence-electron chi connectivity index (χ4n) is 4.23. The van der Waals surface area contributed by atoms with E-state index in [0.717, 1.165) is 11.3 Å². The van der Waals surface area contributed by atoms with Crippen LogP contribution in [-0.4, -0.2) is 7.11 Å². The molecule has 0 aliphatic heterocycles. The quantitative estimate of drug-likeness (QED) is 0.579. The number of allylic oxidation sites excluding steroid dienone is 2. The third kappa shape index (κ3) is 2.40. The van der Waals surface area contributed by atoms with Gasteiger partial charge in [0.1, 0.15) is 5.76 Å². The lowest BCUT2D eigenvalue weighted by molar-refractivity contribution is 0.299. The smallest absolute Gasteiger partial charge is 0.119 e. The van der Waals surface area contributed by atoms with Crippen molar-refractivity contribution in [2.45, 2.75) is 11.3 Å². The largest absolute Gasteiger partial charge is 0.497 e. The molecule has 0 saturated heterocycles. The fourth-order valence-corrected chi connectivity index (χ4v) is 4.23. The number of ether oxygens (including phenoxy) is 1. The SMILES string of the molecule is C=C1C(OC)=C[C@@H](c2ccccc2)C1(c1ccccc1)c1ccccc1. The molecule has 128 valence electrons. The third-order valence-corrected chi connectivity index (χ3v) is 5.39. The molecule has 3 aromatic carbocycles. The number of methoxy groups -OCH3 is 1. The van der Waals surface area contributed by atoms with E-state index in [0.29, 0.717) is 0 Å². The van der Waals surface area contributed by atoms with Gasteiger partial charge in [-0.05, 0) is 22.8 Å². The first kappa shape index (κ1) is 16.4. The van der Waals surface area contributed by atoms with Gasteiger partial charge in [-0.1, -0.05) is 97.6 Å². The van der Waals surface area contributed by atoms with Crippen LogP contribution in [0, 0.1) is 0 Å². The van der Waals surface area contributed by atoms with Crippen LogP contribution in [0.4, 0.5) is 0 Å². The van der Waals surface area contributed by atoms with Crippen molar-refractivity contribution in [1.29, 1.82) is 0 Å². The predicted molar refractivity (Wildman–Crippen MR) is 107 cm³/mol. The minimum Gasteiger partial charge on any atom is -0.497 e. The van der Waals surface area contributed by atoms with Gasteiger partial charge in [0.2, 0.25) is 0 Å². The molecule has 1 heteroatoms. The number of rotatable bonds is 4. The molecule has 1 aliphatic carbocycles. The zero-order valence-electron chi connectivity index (χ0n) is 14.9. The second-order valence-corrected chi connectivity index (χ2v) is 6.64. The van der Waals surface area contributed by atoms with Gasteiger partial charge in [0.15, 0.2) is 0 Å². The lowest BCUT2D eigenvalue weighted by Crippen LogP contribution is -2.33. The number of hydrogen-bond donors (Lipinski definition) is 0. The van der Waals surface area contributed by atoms with Crippen molar-refractivity contribution in [1.82, 2.24) is 0 Å². The molecule has 1 aliphatic rings. The Morgan fingerprint density at radius 2 is 1.19 bits per heavy atom. The highest BCUT2D eigenvalue weighted by Gasteiger charge is 2.50. The molecule has 0 fully saturated rings. The molecule has 0 saturated carbocycles. The van der Waals surface area contributed by atoms with Crippen molar-refractivity contribution in [3.05, 3.63) is 132 Å². The normalized spacial score (nSPS) is 18.4. The molecule has 1 nitrogen and oxygen atoms in total. The molecule has 3 aromatic rings. The molecule has 0 aromatic heterocycles. The van der Waals surface area contributed by atoms with E-state index in [9.17, 15) is 0 Å². The summed E-state index contributed by atoms with van der Waals surface area (Å²) < 4.78 is 5.73. The summed E-state index contributed by atoms with van der Waals surface area (Å²) >= 11 is 0. The first-order chi connectivity index (χ1) is 12.8. The fraction of sp³-hybridized carbons (Fsp3) is 0.120. The van der Waals surface area contributed by atoms with Gasteiger partial charge in [0.25, 0.3) is 0 Å². The third-order valence-electron chi connectivity index (χ3n) is 5.39. The van der Waals surface area contributed by atoms with Crippen molar-refractivity contribution in [3.63, 3.8) is 0 Å². The zero-order chi connectivity index (χ0) is 18.0. The van der Waals surface area contributed by atoms with Gasteiger partial charge >= 0.3 is 0 Å². The van der Waals surface area contributed by atoms with Gasteiger partial charge in [0.05, 0.1) is 12.5 Å². The average molecular weight is 338 g/mol. The van der Waals surface area contributed by atoms with E-state index in [-0.39, 0.29) is 11.3 Å². The van der Waals surface area contributed by atoms with Gasteiger partial charge in [-0.15, -0.1) is 0 Å². The average Bonchev–Trinajstić information content (AvgIpc) is 3.03. The summed E-state index contributed by atoms with van der Waals surface area (Å²) in [5.74, 6) is 0.988. The first-order valence-electron chi connectivity index (χ1n) is 8.90. The maximum atomic E-state index is 5.73. The predicted octanol–water partition coefficient (Wildman–Crippen LogP) is 5.86. The van der Waals surface area contributed by atoms with E-state index in [2.05, 4.69) is 104 Å². The minimum absolute atomic E-state index is 0.121. The summed E-state index contributed by atoms with van der Waals surface area (Å²) in [6, 6.07) is 31.9. The van der Waals surface area contributed by atoms with E-state index in [1.165, 1.54) is 16.7 Å². The molecule has 1 atom stereocenters. The molecular weight excluding hydrogens is 316 g/mol. The molecule has 0 bridgehead atoms. The van der Waals surface area contributed by atoms with Gasteiger partial charge in [0, 0.05) is 11.5 Å². The standard InChI is InChI=1S/C25H22O/c1-19-24(26-2)18-23(20-12-6-3-7-13-20)25(19,21-14-8-4-9-15-21)22-16-10-5-11-17-22/h3-18,23H,1H2,2H3/t23-/m0/s1. The maximum absolute atomic E-state index is 5.73. The Labute approximate surface area is 155 Å². The Bertz CT molecular complexity index is 884. The Morgan fingerprint density at radius 3 is 1.65 bits per heavy atom. The van der Waals surface area contributed by atoms with Gasteiger partial charge in [-0.3, -0.25) is 0 Å². The van der Waals surface area contributed by atoms with Gasteiger partial charge in [-0.25, -0.2) is 0 Å². The van der Waals surface area contributed by atoms with Crippen LogP contribution in [0.25, 0.3) is 0 Å². The van der Waals surface area contributed by atoms with E-state index in [1.807, 2.05) is 0 Å². The zero-order valence-corrected chi connectivity index (χ0v) is 14.9. The molecule has 0 radical (unpaired) electrons. The summed E-state index contributed by atoms with van der Waals surface area (Å²) in [7, 11) is 1.73. The van der Waals surface area contributed by atoms with Crippen LogP contribution >= 0.6 is 0 Å². The Hall–Kier alpha value is -3.06. The van der Waals surface area contributed by atoms with Gasteiger partial charge < -0.3 is 4.74 Å². The van der Waals surface area contributed by atoms with Crippen LogP contribution in [0.3, 0.4) is 0 Å². The Morgan fingerprint density at radius 1 is 0.731 bits per heavy atom. The van der Waals surface area contributed by atoms with Crippen LogP contribution in [0.1, 0.15) is 22.6 Å². The summed E-state index contributed by atoms with van der Waals surface area (Å²) in [6.45, 7) is 4.50. The maximum Gasteiger partial charge on any atom is 0.119 e. The molecule has 26 heavy (non-hydrogen) atoms. The van der Waals surface area contributed by atoms with Crippen molar-refractivity contribution in [3.8, 4) is 0 Å². The molecule has 0 spiro atoms.